The van der Waals surface area contributed by atoms with E-state index in [1.807, 2.05) is 0 Å². The van der Waals surface area contributed by atoms with Gasteiger partial charge in [0.25, 0.3) is 5.91 Å². The molecule has 0 saturated heterocycles. The number of aliphatic hydroxyl groups is 1. The molecule has 0 atom stereocenters. The molecule has 0 radical (unpaired) electrons. The summed E-state index contributed by atoms with van der Waals surface area (Å²) in [6, 6.07) is 1.34. The Balaban J connectivity index is 2.78. The molecule has 0 fully saturated rings. The Kier molecular flexibility index (Phi) is 3.41. The molecule has 5 heteroatoms. The summed E-state index contributed by atoms with van der Waals surface area (Å²) < 4.78 is 0. The zero-order chi connectivity index (χ0) is 10.6. The predicted octanol–water partition coefficient (Wildman–Crippen LogP) is -0.149. The molecule has 14 heavy (non-hydrogen) atoms. The molecule has 0 aliphatic heterocycles. The molecule has 0 aliphatic carbocycles. The summed E-state index contributed by atoms with van der Waals surface area (Å²) in [6.45, 7) is 0.170. The van der Waals surface area contributed by atoms with Crippen LogP contribution < -0.4 is 0 Å². The second kappa shape index (κ2) is 4.57. The molecule has 1 rings (SSSR count). The Morgan fingerprint density at radius 1 is 1.57 bits per heavy atom. The van der Waals surface area contributed by atoms with Gasteiger partial charge in [-0.05, 0) is 6.07 Å². The van der Waals surface area contributed by atoms with Crippen molar-refractivity contribution in [3.63, 3.8) is 0 Å². The Bertz CT molecular complexity index is 328. The summed E-state index contributed by atoms with van der Waals surface area (Å²) in [4.78, 5) is 16.6. The zero-order valence-electron chi connectivity index (χ0n) is 7.84. The third kappa shape index (κ3) is 2.43. The quantitative estimate of drug-likeness (QED) is 0.705. The highest BCUT2D eigenvalue weighted by Gasteiger charge is 2.11. The van der Waals surface area contributed by atoms with E-state index in [1.54, 1.807) is 7.05 Å². The molecule has 5 nitrogen and oxygen atoms in total. The number of hydrogen-bond donors (Lipinski definition) is 2. The Labute approximate surface area is 81.6 Å². The molecule has 1 amide bonds. The second-order valence-electron chi connectivity index (χ2n) is 2.88. The number of hydrogen-bond acceptors (Lipinski definition) is 4. The fourth-order valence-electron chi connectivity index (χ4n) is 1.02. The number of aromatic hydroxyl groups is 1. The molecular weight excluding hydrogens is 184 g/mol. The van der Waals surface area contributed by atoms with E-state index in [1.165, 1.54) is 23.4 Å². The van der Waals surface area contributed by atoms with Gasteiger partial charge in [-0.2, -0.15) is 0 Å². The highest BCUT2D eigenvalue weighted by atomic mass is 16.3. The highest BCUT2D eigenvalue weighted by molar-refractivity contribution is 5.94. The molecule has 2 N–H and O–H groups in total. The topological polar surface area (TPSA) is 73.7 Å². The van der Waals surface area contributed by atoms with Crippen LogP contribution in [-0.4, -0.2) is 46.2 Å². The number of likely N-dealkylation sites (N-methyl/N-ethyl adjacent to an activating group) is 1. The molecule has 1 aromatic heterocycles. The van der Waals surface area contributed by atoms with E-state index in [-0.39, 0.29) is 24.8 Å². The Hall–Kier alpha value is -1.62. The van der Waals surface area contributed by atoms with Crippen LogP contribution in [0.3, 0.4) is 0 Å². The SMILES string of the molecule is CN(CCO)C(=O)c1cncc(O)c1. The fraction of sp³-hybridized carbons (Fsp3) is 0.333. The fourth-order valence-corrected chi connectivity index (χ4v) is 1.02. The van der Waals surface area contributed by atoms with E-state index >= 15 is 0 Å². The minimum Gasteiger partial charge on any atom is -0.506 e. The van der Waals surface area contributed by atoms with Crippen LogP contribution in [0.4, 0.5) is 0 Å². The van der Waals surface area contributed by atoms with Crippen molar-refractivity contribution >= 4 is 5.91 Å². The lowest BCUT2D eigenvalue weighted by Crippen LogP contribution is -2.29. The Morgan fingerprint density at radius 2 is 2.29 bits per heavy atom. The molecule has 76 valence electrons. The van der Waals surface area contributed by atoms with Gasteiger partial charge in [0.2, 0.25) is 0 Å². The first-order valence-corrected chi connectivity index (χ1v) is 4.15. The number of carbonyl (C=O) groups is 1. The smallest absolute Gasteiger partial charge is 0.255 e. The van der Waals surface area contributed by atoms with Crippen LogP contribution in [0.1, 0.15) is 10.4 Å². The van der Waals surface area contributed by atoms with Gasteiger partial charge in [-0.25, -0.2) is 0 Å². The molecular formula is C9H12N2O3. The first-order valence-electron chi connectivity index (χ1n) is 4.15. The van der Waals surface area contributed by atoms with Gasteiger partial charge in [0.1, 0.15) is 5.75 Å². The number of carbonyl (C=O) groups excluding carboxylic acids is 1. The van der Waals surface area contributed by atoms with E-state index in [9.17, 15) is 4.79 Å². The van der Waals surface area contributed by atoms with Crippen LogP contribution in [0.15, 0.2) is 18.5 Å². The van der Waals surface area contributed by atoms with E-state index < -0.39 is 0 Å². The van der Waals surface area contributed by atoms with Crippen molar-refractivity contribution in [1.29, 1.82) is 0 Å². The van der Waals surface area contributed by atoms with Crippen LogP contribution in [0, 0.1) is 0 Å². The molecule has 1 heterocycles. The summed E-state index contributed by atoms with van der Waals surface area (Å²) in [7, 11) is 1.57. The van der Waals surface area contributed by atoms with Crippen molar-refractivity contribution in [3.05, 3.63) is 24.0 Å². The molecule has 1 aromatic rings. The van der Waals surface area contributed by atoms with Crippen molar-refractivity contribution in [1.82, 2.24) is 9.88 Å². The first kappa shape index (κ1) is 10.5. The normalized spacial score (nSPS) is 9.86. The summed E-state index contributed by atoms with van der Waals surface area (Å²) >= 11 is 0. The maximum atomic E-state index is 11.6. The van der Waals surface area contributed by atoms with E-state index in [2.05, 4.69) is 4.98 Å². The maximum absolute atomic E-state index is 11.6. The minimum atomic E-state index is -0.276. The van der Waals surface area contributed by atoms with E-state index in [0.717, 1.165) is 0 Å². The average molecular weight is 196 g/mol. The van der Waals surface area contributed by atoms with Gasteiger partial charge in [-0.1, -0.05) is 0 Å². The van der Waals surface area contributed by atoms with Gasteiger partial charge in [-0.3, -0.25) is 9.78 Å². The molecule has 0 aromatic carbocycles. The van der Waals surface area contributed by atoms with Crippen LogP contribution in [-0.2, 0) is 0 Å². The van der Waals surface area contributed by atoms with Crippen molar-refractivity contribution in [2.45, 2.75) is 0 Å². The number of aliphatic hydroxyl groups excluding tert-OH is 1. The largest absolute Gasteiger partial charge is 0.506 e. The summed E-state index contributed by atoms with van der Waals surface area (Å²) in [5, 5.41) is 17.7. The number of aromatic nitrogens is 1. The molecule has 0 spiro atoms. The monoisotopic (exact) mass is 196 g/mol. The lowest BCUT2D eigenvalue weighted by atomic mass is 10.2. The maximum Gasteiger partial charge on any atom is 0.255 e. The minimum absolute atomic E-state index is 0.0479. The summed E-state index contributed by atoms with van der Waals surface area (Å²) in [5.74, 6) is -0.323. The summed E-state index contributed by atoms with van der Waals surface area (Å²) in [5.41, 5.74) is 0.306. The van der Waals surface area contributed by atoms with E-state index in [0.29, 0.717) is 5.56 Å². The van der Waals surface area contributed by atoms with Gasteiger partial charge >= 0.3 is 0 Å². The number of pyridine rings is 1. The van der Waals surface area contributed by atoms with E-state index in [4.69, 9.17) is 10.2 Å². The second-order valence-corrected chi connectivity index (χ2v) is 2.88. The first-order chi connectivity index (χ1) is 6.65. The average Bonchev–Trinajstić information content (AvgIpc) is 2.17. The Morgan fingerprint density at radius 3 is 2.86 bits per heavy atom. The highest BCUT2D eigenvalue weighted by Crippen LogP contribution is 2.09. The standard InChI is InChI=1S/C9H12N2O3/c1-11(2-3-12)9(14)7-4-8(13)6-10-5-7/h4-6,12-13H,2-3H2,1H3. The molecule has 0 bridgehead atoms. The van der Waals surface area contributed by atoms with Crippen LogP contribution in [0.5, 0.6) is 5.75 Å². The predicted molar refractivity (Wildman–Crippen MR) is 49.9 cm³/mol. The van der Waals surface area contributed by atoms with Gasteiger partial charge in [0.05, 0.1) is 18.4 Å². The van der Waals surface area contributed by atoms with Crippen molar-refractivity contribution in [2.24, 2.45) is 0 Å². The van der Waals surface area contributed by atoms with Crippen molar-refractivity contribution in [3.8, 4) is 5.75 Å². The van der Waals surface area contributed by atoms with Crippen molar-refractivity contribution < 1.29 is 15.0 Å². The number of amides is 1. The van der Waals surface area contributed by atoms with Gasteiger partial charge in [0.15, 0.2) is 0 Å². The lowest BCUT2D eigenvalue weighted by molar-refractivity contribution is 0.0766. The molecule has 0 unspecified atom stereocenters. The molecule has 0 aliphatic rings. The number of rotatable bonds is 3. The van der Waals surface area contributed by atoms with Gasteiger partial charge < -0.3 is 15.1 Å². The summed E-state index contributed by atoms with van der Waals surface area (Å²) in [6.07, 6.45) is 2.62. The zero-order valence-corrected chi connectivity index (χ0v) is 7.84. The third-order valence-electron chi connectivity index (χ3n) is 1.75. The number of nitrogens with zero attached hydrogens (tertiary/aromatic N) is 2. The third-order valence-corrected chi connectivity index (χ3v) is 1.75. The van der Waals surface area contributed by atoms with Gasteiger partial charge in [-0.15, -0.1) is 0 Å². The van der Waals surface area contributed by atoms with Crippen LogP contribution in [0.2, 0.25) is 0 Å². The van der Waals surface area contributed by atoms with Gasteiger partial charge in [0, 0.05) is 19.8 Å². The lowest BCUT2D eigenvalue weighted by Gasteiger charge is -2.15. The van der Waals surface area contributed by atoms with Crippen LogP contribution >= 0.6 is 0 Å². The van der Waals surface area contributed by atoms with Crippen LogP contribution in [0.25, 0.3) is 0 Å². The van der Waals surface area contributed by atoms with Crippen molar-refractivity contribution in [2.75, 3.05) is 20.2 Å². The molecule has 0 saturated carbocycles.